The van der Waals surface area contributed by atoms with Crippen LogP contribution in [-0.2, 0) is 0 Å². The van der Waals surface area contributed by atoms with Gasteiger partial charge in [-0.15, -0.1) is 0 Å². The van der Waals surface area contributed by atoms with E-state index < -0.39 is 0 Å². The van der Waals surface area contributed by atoms with Crippen LogP contribution in [0.25, 0.3) is 87.6 Å². The van der Waals surface area contributed by atoms with Crippen molar-refractivity contribution in [3.8, 4) is 33.4 Å². The summed E-state index contributed by atoms with van der Waals surface area (Å²) in [7, 11) is 0. The summed E-state index contributed by atoms with van der Waals surface area (Å²) >= 11 is 0. The Kier molecular flexibility index (Phi) is 5.27. The van der Waals surface area contributed by atoms with Gasteiger partial charge in [0.25, 0.3) is 0 Å². The van der Waals surface area contributed by atoms with E-state index in [1.165, 1.54) is 71.1 Å². The van der Waals surface area contributed by atoms with Gasteiger partial charge in [0.05, 0.1) is 0 Å². The highest BCUT2D eigenvalue weighted by molar-refractivity contribution is 6.23. The summed E-state index contributed by atoms with van der Waals surface area (Å²) in [4.78, 5) is 0. The van der Waals surface area contributed by atoms with Gasteiger partial charge in [0.2, 0.25) is 0 Å². The molecule has 0 spiro atoms. The average molecular weight is 547 g/mol. The minimum Gasteiger partial charge on any atom is -0.456 e. The molecule has 8 aromatic carbocycles. The zero-order valence-electron chi connectivity index (χ0n) is 23.4. The maximum absolute atomic E-state index is 6.18. The van der Waals surface area contributed by atoms with Gasteiger partial charge in [-0.2, -0.15) is 0 Å². The van der Waals surface area contributed by atoms with Crippen LogP contribution in [-0.4, -0.2) is 0 Å². The van der Waals surface area contributed by atoms with Crippen molar-refractivity contribution in [1.29, 1.82) is 0 Å². The Labute approximate surface area is 249 Å². The largest absolute Gasteiger partial charge is 0.456 e. The maximum Gasteiger partial charge on any atom is 0.136 e. The number of rotatable bonds is 3. The first kappa shape index (κ1) is 24.0. The Morgan fingerprint density at radius 1 is 0.302 bits per heavy atom. The Morgan fingerprint density at radius 3 is 1.49 bits per heavy atom. The van der Waals surface area contributed by atoms with Crippen LogP contribution in [0, 0.1) is 0 Å². The summed E-state index contributed by atoms with van der Waals surface area (Å²) in [6.07, 6.45) is 0. The van der Waals surface area contributed by atoms with Crippen LogP contribution in [0.15, 0.2) is 162 Å². The predicted octanol–water partition coefficient (Wildman–Crippen LogP) is 12.0. The van der Waals surface area contributed by atoms with Crippen molar-refractivity contribution in [3.05, 3.63) is 158 Å². The second kappa shape index (κ2) is 9.44. The number of hydrogen-bond donors (Lipinski definition) is 0. The van der Waals surface area contributed by atoms with Gasteiger partial charge in [-0.3, -0.25) is 0 Å². The fraction of sp³-hybridized carbons (Fsp3) is 0. The normalized spacial score (nSPS) is 11.7. The third-order valence-electron chi connectivity index (χ3n) is 8.86. The Hall–Kier alpha value is -5.66. The second-order valence-corrected chi connectivity index (χ2v) is 11.3. The molecule has 0 radical (unpaired) electrons. The van der Waals surface area contributed by atoms with Crippen molar-refractivity contribution in [3.63, 3.8) is 0 Å². The van der Waals surface area contributed by atoms with Crippen molar-refractivity contribution in [2.75, 3.05) is 0 Å². The van der Waals surface area contributed by atoms with Gasteiger partial charge in [0.1, 0.15) is 11.2 Å². The first-order valence-corrected chi connectivity index (χ1v) is 14.8. The molecule has 1 aromatic heterocycles. The SMILES string of the molecule is c1ccc(-c2ccc(-c3c4ccccc4c(-c4ccc5c(ccc6oc7ccccc7c65)c4)c4ccccc34)cc2)cc1. The van der Waals surface area contributed by atoms with Crippen molar-refractivity contribution in [2.24, 2.45) is 0 Å². The average Bonchev–Trinajstić information content (AvgIpc) is 3.47. The number of hydrogen-bond acceptors (Lipinski definition) is 1. The maximum atomic E-state index is 6.18. The van der Waals surface area contributed by atoms with E-state index in [1.807, 2.05) is 12.1 Å². The molecule has 43 heavy (non-hydrogen) atoms. The molecule has 0 bridgehead atoms. The van der Waals surface area contributed by atoms with Gasteiger partial charge in [0.15, 0.2) is 0 Å². The minimum atomic E-state index is 0.929. The van der Waals surface area contributed by atoms with E-state index in [-0.39, 0.29) is 0 Å². The summed E-state index contributed by atoms with van der Waals surface area (Å²) < 4.78 is 6.18. The van der Waals surface area contributed by atoms with Gasteiger partial charge < -0.3 is 4.42 Å². The molecule has 200 valence electrons. The van der Waals surface area contributed by atoms with Crippen molar-refractivity contribution < 1.29 is 4.42 Å². The minimum absolute atomic E-state index is 0.929. The lowest BCUT2D eigenvalue weighted by atomic mass is 9.85. The summed E-state index contributed by atoms with van der Waals surface area (Å²) in [5, 5.41) is 9.83. The van der Waals surface area contributed by atoms with E-state index in [2.05, 4.69) is 146 Å². The molecule has 0 aliphatic carbocycles. The van der Waals surface area contributed by atoms with Crippen LogP contribution in [0.5, 0.6) is 0 Å². The molecule has 0 aliphatic rings. The first-order chi connectivity index (χ1) is 21.3. The fourth-order valence-electron chi connectivity index (χ4n) is 6.92. The highest BCUT2D eigenvalue weighted by Gasteiger charge is 2.18. The third kappa shape index (κ3) is 3.72. The Morgan fingerprint density at radius 2 is 0.814 bits per heavy atom. The smallest absolute Gasteiger partial charge is 0.136 e. The molecule has 1 heterocycles. The van der Waals surface area contributed by atoms with Crippen LogP contribution in [0.1, 0.15) is 0 Å². The fourth-order valence-corrected chi connectivity index (χ4v) is 6.92. The molecule has 0 N–H and O–H groups in total. The van der Waals surface area contributed by atoms with Crippen LogP contribution in [0.4, 0.5) is 0 Å². The first-order valence-electron chi connectivity index (χ1n) is 14.8. The van der Waals surface area contributed by atoms with E-state index in [0.717, 1.165) is 16.6 Å². The van der Waals surface area contributed by atoms with Crippen molar-refractivity contribution in [1.82, 2.24) is 0 Å². The van der Waals surface area contributed by atoms with Crippen LogP contribution >= 0.6 is 0 Å². The predicted molar refractivity (Wildman–Crippen MR) is 183 cm³/mol. The van der Waals surface area contributed by atoms with E-state index >= 15 is 0 Å². The van der Waals surface area contributed by atoms with Crippen LogP contribution in [0.2, 0.25) is 0 Å². The number of fused-ring (bicyclic) bond motifs is 7. The molecular formula is C42H26O. The molecule has 0 aliphatic heterocycles. The topological polar surface area (TPSA) is 13.1 Å². The van der Waals surface area contributed by atoms with Crippen molar-refractivity contribution >= 4 is 54.3 Å². The second-order valence-electron chi connectivity index (χ2n) is 11.3. The van der Waals surface area contributed by atoms with Gasteiger partial charge in [-0.05, 0) is 83.9 Å². The summed E-state index contributed by atoms with van der Waals surface area (Å²) in [6.45, 7) is 0. The molecule has 0 atom stereocenters. The van der Waals surface area contributed by atoms with Gasteiger partial charge >= 0.3 is 0 Å². The zero-order chi connectivity index (χ0) is 28.3. The highest BCUT2D eigenvalue weighted by Crippen LogP contribution is 2.45. The number of furan rings is 1. The quantitative estimate of drug-likeness (QED) is 0.201. The number of benzene rings is 8. The number of para-hydroxylation sites is 1. The van der Waals surface area contributed by atoms with Crippen molar-refractivity contribution in [2.45, 2.75) is 0 Å². The molecule has 1 nitrogen and oxygen atoms in total. The molecule has 9 rings (SSSR count). The van der Waals surface area contributed by atoms with Gasteiger partial charge in [0, 0.05) is 10.8 Å². The van der Waals surface area contributed by atoms with E-state index in [4.69, 9.17) is 4.42 Å². The summed E-state index contributed by atoms with van der Waals surface area (Å²) in [6, 6.07) is 56.8. The van der Waals surface area contributed by atoms with Gasteiger partial charge in [-0.1, -0.05) is 140 Å². The van der Waals surface area contributed by atoms with E-state index in [9.17, 15) is 0 Å². The third-order valence-corrected chi connectivity index (χ3v) is 8.86. The summed E-state index contributed by atoms with van der Waals surface area (Å²) in [5.74, 6) is 0. The molecular weight excluding hydrogens is 520 g/mol. The molecule has 0 saturated carbocycles. The van der Waals surface area contributed by atoms with E-state index in [1.54, 1.807) is 0 Å². The lowest BCUT2D eigenvalue weighted by Crippen LogP contribution is -1.91. The lowest BCUT2D eigenvalue weighted by molar-refractivity contribution is 0.669. The molecule has 1 heteroatoms. The molecule has 0 unspecified atom stereocenters. The van der Waals surface area contributed by atoms with E-state index in [0.29, 0.717) is 0 Å². The molecule has 0 fully saturated rings. The highest BCUT2D eigenvalue weighted by atomic mass is 16.3. The monoisotopic (exact) mass is 546 g/mol. The Balaban J connectivity index is 1.28. The van der Waals surface area contributed by atoms with Crippen LogP contribution < -0.4 is 0 Å². The molecule has 9 aromatic rings. The van der Waals surface area contributed by atoms with Crippen LogP contribution in [0.3, 0.4) is 0 Å². The molecule has 0 saturated heterocycles. The molecule has 0 amide bonds. The lowest BCUT2D eigenvalue weighted by Gasteiger charge is -2.18. The zero-order valence-corrected chi connectivity index (χ0v) is 23.4. The Bertz CT molecular complexity index is 2420. The standard InChI is InChI=1S/C42H26O/c1-2-10-27(11-3-1)28-18-20-29(21-19-28)40-33-12-4-6-14-35(33)41(36-15-7-5-13-34(36)40)31-22-24-32-30(26-31)23-25-39-42(32)37-16-8-9-17-38(37)43-39/h1-26H. The van der Waals surface area contributed by atoms with Gasteiger partial charge in [-0.25, -0.2) is 0 Å². The summed E-state index contributed by atoms with van der Waals surface area (Å²) in [5.41, 5.74) is 9.32.